The predicted molar refractivity (Wildman–Crippen MR) is 77.8 cm³/mol. The zero-order valence-electron chi connectivity index (χ0n) is 11.0. The normalized spacial score (nSPS) is 16.1. The van der Waals surface area contributed by atoms with Crippen LogP contribution in [0.1, 0.15) is 42.7 Å². The van der Waals surface area contributed by atoms with Crippen molar-refractivity contribution in [3.63, 3.8) is 0 Å². The summed E-state index contributed by atoms with van der Waals surface area (Å²) in [6, 6.07) is 17.8. The minimum absolute atomic E-state index is 0.816. The lowest BCUT2D eigenvalue weighted by Crippen LogP contribution is -1.92. The molecule has 18 heavy (non-hydrogen) atoms. The SMILES string of the molecule is Cc1ccccc1-c1ccc(C2CCCC2)cc1. The molecule has 0 unspecified atom stereocenters. The maximum absolute atomic E-state index is 2.33. The molecular weight excluding hydrogens is 216 g/mol. The second-order valence-corrected chi connectivity index (χ2v) is 5.42. The summed E-state index contributed by atoms with van der Waals surface area (Å²) in [5, 5.41) is 0. The number of hydrogen-bond acceptors (Lipinski definition) is 0. The molecule has 0 aliphatic heterocycles. The first kappa shape index (κ1) is 11.5. The smallest absolute Gasteiger partial charge is 0.0155 e. The monoisotopic (exact) mass is 236 g/mol. The van der Waals surface area contributed by atoms with Crippen LogP contribution in [0.5, 0.6) is 0 Å². The number of aryl methyl sites for hydroxylation is 1. The van der Waals surface area contributed by atoms with Gasteiger partial charge in [0.15, 0.2) is 0 Å². The molecule has 92 valence electrons. The Bertz CT molecular complexity index is 516. The highest BCUT2D eigenvalue weighted by Crippen LogP contribution is 2.35. The molecule has 2 aromatic rings. The van der Waals surface area contributed by atoms with Crippen molar-refractivity contribution in [2.75, 3.05) is 0 Å². The topological polar surface area (TPSA) is 0 Å². The van der Waals surface area contributed by atoms with Crippen LogP contribution in [0, 0.1) is 6.92 Å². The fourth-order valence-electron chi connectivity index (χ4n) is 3.09. The Morgan fingerprint density at radius 3 is 2.17 bits per heavy atom. The van der Waals surface area contributed by atoms with Gasteiger partial charge < -0.3 is 0 Å². The molecule has 1 aliphatic carbocycles. The van der Waals surface area contributed by atoms with Crippen LogP contribution in [0.25, 0.3) is 11.1 Å². The van der Waals surface area contributed by atoms with E-state index in [2.05, 4.69) is 55.5 Å². The molecule has 3 rings (SSSR count). The summed E-state index contributed by atoms with van der Waals surface area (Å²) in [6.07, 6.45) is 5.57. The second-order valence-electron chi connectivity index (χ2n) is 5.42. The molecule has 0 amide bonds. The maximum atomic E-state index is 2.33. The molecule has 0 bridgehead atoms. The van der Waals surface area contributed by atoms with E-state index in [0.717, 1.165) is 5.92 Å². The quantitative estimate of drug-likeness (QED) is 0.662. The van der Waals surface area contributed by atoms with Crippen LogP contribution >= 0.6 is 0 Å². The molecule has 0 nitrogen and oxygen atoms in total. The van der Waals surface area contributed by atoms with Gasteiger partial charge in [-0.05, 0) is 47.9 Å². The van der Waals surface area contributed by atoms with Gasteiger partial charge in [-0.3, -0.25) is 0 Å². The average molecular weight is 236 g/mol. The van der Waals surface area contributed by atoms with Gasteiger partial charge in [-0.1, -0.05) is 61.4 Å². The minimum atomic E-state index is 0.816. The third-order valence-corrected chi connectivity index (χ3v) is 4.19. The van der Waals surface area contributed by atoms with E-state index in [0.29, 0.717) is 0 Å². The molecule has 0 heterocycles. The summed E-state index contributed by atoms with van der Waals surface area (Å²) in [7, 11) is 0. The van der Waals surface area contributed by atoms with Crippen molar-refractivity contribution in [1.29, 1.82) is 0 Å². The molecule has 0 saturated heterocycles. The Morgan fingerprint density at radius 2 is 1.50 bits per heavy atom. The Labute approximate surface area is 110 Å². The van der Waals surface area contributed by atoms with Crippen molar-refractivity contribution in [2.45, 2.75) is 38.5 Å². The van der Waals surface area contributed by atoms with Crippen molar-refractivity contribution >= 4 is 0 Å². The Kier molecular flexibility index (Phi) is 3.19. The van der Waals surface area contributed by atoms with Crippen molar-refractivity contribution in [3.8, 4) is 11.1 Å². The summed E-state index contributed by atoms with van der Waals surface area (Å²) in [5.74, 6) is 0.816. The lowest BCUT2D eigenvalue weighted by Gasteiger charge is -2.11. The summed E-state index contributed by atoms with van der Waals surface area (Å²) < 4.78 is 0. The molecule has 0 atom stereocenters. The van der Waals surface area contributed by atoms with Crippen LogP contribution < -0.4 is 0 Å². The van der Waals surface area contributed by atoms with Crippen LogP contribution in [0.3, 0.4) is 0 Å². The van der Waals surface area contributed by atoms with Crippen LogP contribution in [-0.4, -0.2) is 0 Å². The van der Waals surface area contributed by atoms with Gasteiger partial charge in [0.25, 0.3) is 0 Å². The van der Waals surface area contributed by atoms with Crippen molar-refractivity contribution < 1.29 is 0 Å². The predicted octanol–water partition coefficient (Wildman–Crippen LogP) is 5.32. The summed E-state index contributed by atoms with van der Waals surface area (Å²) in [4.78, 5) is 0. The molecule has 0 heteroatoms. The Morgan fingerprint density at radius 1 is 0.833 bits per heavy atom. The highest BCUT2D eigenvalue weighted by Gasteiger charge is 2.16. The van der Waals surface area contributed by atoms with Gasteiger partial charge in [-0.15, -0.1) is 0 Å². The Hall–Kier alpha value is -1.56. The number of hydrogen-bond donors (Lipinski definition) is 0. The number of benzene rings is 2. The average Bonchev–Trinajstić information content (AvgIpc) is 2.94. The third kappa shape index (κ3) is 2.20. The second kappa shape index (κ2) is 4.97. The molecule has 0 N–H and O–H groups in total. The van der Waals surface area contributed by atoms with E-state index in [4.69, 9.17) is 0 Å². The zero-order chi connectivity index (χ0) is 12.4. The number of rotatable bonds is 2. The summed E-state index contributed by atoms with van der Waals surface area (Å²) in [6.45, 7) is 2.18. The molecule has 0 spiro atoms. The molecule has 0 radical (unpaired) electrons. The standard InChI is InChI=1S/C18H20/c1-14-6-2-5-9-18(14)17-12-10-16(11-13-17)15-7-3-4-8-15/h2,5-6,9-13,15H,3-4,7-8H2,1H3. The van der Waals surface area contributed by atoms with Crippen LogP contribution in [0.2, 0.25) is 0 Å². The lowest BCUT2D eigenvalue weighted by atomic mass is 9.94. The minimum Gasteiger partial charge on any atom is -0.0620 e. The van der Waals surface area contributed by atoms with Crippen LogP contribution in [0.4, 0.5) is 0 Å². The van der Waals surface area contributed by atoms with Gasteiger partial charge in [-0.25, -0.2) is 0 Å². The zero-order valence-corrected chi connectivity index (χ0v) is 11.0. The van der Waals surface area contributed by atoms with Crippen LogP contribution in [-0.2, 0) is 0 Å². The van der Waals surface area contributed by atoms with Gasteiger partial charge in [0.05, 0.1) is 0 Å². The lowest BCUT2D eigenvalue weighted by molar-refractivity contribution is 0.723. The van der Waals surface area contributed by atoms with Gasteiger partial charge in [0, 0.05) is 0 Å². The van der Waals surface area contributed by atoms with Crippen molar-refractivity contribution in [2.24, 2.45) is 0 Å². The molecular formula is C18H20. The first-order valence-corrected chi connectivity index (χ1v) is 7.00. The summed E-state index contributed by atoms with van der Waals surface area (Å²) >= 11 is 0. The molecule has 1 fully saturated rings. The highest BCUT2D eigenvalue weighted by molar-refractivity contribution is 5.67. The molecule has 1 saturated carbocycles. The van der Waals surface area contributed by atoms with Gasteiger partial charge in [0.2, 0.25) is 0 Å². The summed E-state index contributed by atoms with van der Waals surface area (Å²) in [5.41, 5.74) is 5.58. The third-order valence-electron chi connectivity index (χ3n) is 4.19. The van der Waals surface area contributed by atoms with Gasteiger partial charge >= 0.3 is 0 Å². The molecule has 0 aromatic heterocycles. The largest absolute Gasteiger partial charge is 0.0620 e. The van der Waals surface area contributed by atoms with E-state index in [-0.39, 0.29) is 0 Å². The van der Waals surface area contributed by atoms with E-state index in [1.807, 2.05) is 0 Å². The van der Waals surface area contributed by atoms with Crippen molar-refractivity contribution in [1.82, 2.24) is 0 Å². The first-order valence-electron chi connectivity index (χ1n) is 7.00. The van der Waals surface area contributed by atoms with E-state index >= 15 is 0 Å². The van der Waals surface area contributed by atoms with Gasteiger partial charge in [-0.2, -0.15) is 0 Å². The van der Waals surface area contributed by atoms with E-state index in [9.17, 15) is 0 Å². The maximum Gasteiger partial charge on any atom is -0.0155 e. The van der Waals surface area contributed by atoms with E-state index < -0.39 is 0 Å². The van der Waals surface area contributed by atoms with Crippen molar-refractivity contribution in [3.05, 3.63) is 59.7 Å². The molecule has 1 aliphatic rings. The van der Waals surface area contributed by atoms with E-state index in [1.165, 1.54) is 47.9 Å². The first-order chi connectivity index (χ1) is 8.84. The highest BCUT2D eigenvalue weighted by atomic mass is 14.2. The van der Waals surface area contributed by atoms with E-state index in [1.54, 1.807) is 0 Å². The Balaban J connectivity index is 1.89. The van der Waals surface area contributed by atoms with Crippen LogP contribution in [0.15, 0.2) is 48.5 Å². The molecule has 2 aromatic carbocycles. The van der Waals surface area contributed by atoms with Gasteiger partial charge in [0.1, 0.15) is 0 Å². The fraction of sp³-hybridized carbons (Fsp3) is 0.333. The fourth-order valence-corrected chi connectivity index (χ4v) is 3.09.